The summed E-state index contributed by atoms with van der Waals surface area (Å²) in [7, 11) is 0. The van der Waals surface area contributed by atoms with Crippen LogP contribution < -0.4 is 0 Å². The van der Waals surface area contributed by atoms with Crippen molar-refractivity contribution in [2.45, 2.75) is 39.5 Å². The van der Waals surface area contributed by atoms with Crippen LogP contribution in [0.3, 0.4) is 0 Å². The van der Waals surface area contributed by atoms with Gasteiger partial charge in [-0.05, 0) is 25.2 Å². The molecule has 2 aliphatic rings. The fourth-order valence-corrected chi connectivity index (χ4v) is 2.88. The van der Waals surface area contributed by atoms with E-state index in [0.717, 1.165) is 12.1 Å². The van der Waals surface area contributed by atoms with Crippen LogP contribution in [-0.4, -0.2) is 28.4 Å². The third-order valence-corrected chi connectivity index (χ3v) is 3.71. The largest absolute Gasteiger partial charge is 0.481 e. The maximum atomic E-state index is 11.9. The van der Waals surface area contributed by atoms with Gasteiger partial charge in [0.15, 0.2) is 0 Å². The number of rotatable bonds is 3. The molecule has 1 N–H and O–H groups in total. The van der Waals surface area contributed by atoms with Crippen LogP contribution in [0, 0.1) is 11.3 Å². The van der Waals surface area contributed by atoms with Crippen LogP contribution in [0.1, 0.15) is 39.5 Å². The van der Waals surface area contributed by atoms with Crippen molar-refractivity contribution in [3.63, 3.8) is 0 Å². The number of carboxylic acids is 1. The van der Waals surface area contributed by atoms with Crippen LogP contribution in [0.25, 0.3) is 0 Å². The first kappa shape index (κ1) is 12.1. The number of carbonyl (C=O) groups excluding carboxylic acids is 1. The minimum absolute atomic E-state index is 0.0729. The van der Waals surface area contributed by atoms with Crippen molar-refractivity contribution in [3.8, 4) is 0 Å². The Morgan fingerprint density at radius 3 is 2.82 bits per heavy atom. The number of amides is 1. The quantitative estimate of drug-likeness (QED) is 0.817. The van der Waals surface area contributed by atoms with Gasteiger partial charge in [-0.1, -0.05) is 19.9 Å². The third-order valence-electron chi connectivity index (χ3n) is 3.71. The molecule has 0 aromatic carbocycles. The van der Waals surface area contributed by atoms with E-state index in [0.29, 0.717) is 31.7 Å². The molecule has 1 aliphatic carbocycles. The predicted molar refractivity (Wildman–Crippen MR) is 63.2 cm³/mol. The molecule has 1 saturated heterocycles. The molecular formula is C13H19NO3. The molecule has 94 valence electrons. The van der Waals surface area contributed by atoms with Crippen molar-refractivity contribution in [1.29, 1.82) is 0 Å². The smallest absolute Gasteiger partial charge is 0.315 e. The maximum absolute atomic E-state index is 11.9. The summed E-state index contributed by atoms with van der Waals surface area (Å²) >= 11 is 0. The van der Waals surface area contributed by atoms with Crippen LogP contribution in [0.5, 0.6) is 0 Å². The number of hydrogen-bond donors (Lipinski definition) is 1. The molecule has 2 rings (SSSR count). The van der Waals surface area contributed by atoms with Gasteiger partial charge in [0.05, 0.1) is 0 Å². The Bertz CT molecular complexity index is 386. The Labute approximate surface area is 101 Å². The Morgan fingerprint density at radius 1 is 1.53 bits per heavy atom. The zero-order valence-electron chi connectivity index (χ0n) is 10.4. The third kappa shape index (κ3) is 1.85. The fraction of sp³-hybridized carbons (Fsp3) is 0.692. The maximum Gasteiger partial charge on any atom is 0.315 e. The van der Waals surface area contributed by atoms with Crippen molar-refractivity contribution in [2.24, 2.45) is 11.3 Å². The number of allylic oxidation sites excluding steroid dienone is 1. The van der Waals surface area contributed by atoms with Gasteiger partial charge in [0.2, 0.25) is 5.91 Å². The number of likely N-dealkylation sites (tertiary alicyclic amines) is 1. The molecule has 0 spiro atoms. The van der Waals surface area contributed by atoms with E-state index in [1.807, 2.05) is 19.9 Å². The topological polar surface area (TPSA) is 57.6 Å². The fourth-order valence-electron chi connectivity index (χ4n) is 2.88. The van der Waals surface area contributed by atoms with Crippen LogP contribution in [0.15, 0.2) is 11.8 Å². The zero-order valence-corrected chi connectivity index (χ0v) is 10.4. The second-order valence-corrected chi connectivity index (χ2v) is 5.41. The highest BCUT2D eigenvalue weighted by Gasteiger charge is 2.50. The van der Waals surface area contributed by atoms with E-state index in [9.17, 15) is 14.7 Å². The number of carboxylic acid groups (broad SMARTS) is 1. The van der Waals surface area contributed by atoms with E-state index in [1.165, 1.54) is 0 Å². The monoisotopic (exact) mass is 237 g/mol. The van der Waals surface area contributed by atoms with E-state index in [1.54, 1.807) is 4.90 Å². The van der Waals surface area contributed by atoms with Gasteiger partial charge < -0.3 is 10.0 Å². The lowest BCUT2D eigenvalue weighted by Crippen LogP contribution is -2.47. The van der Waals surface area contributed by atoms with Gasteiger partial charge in [-0.2, -0.15) is 0 Å². The second-order valence-electron chi connectivity index (χ2n) is 5.41. The molecule has 1 fully saturated rings. The molecule has 17 heavy (non-hydrogen) atoms. The Morgan fingerprint density at radius 2 is 2.24 bits per heavy atom. The number of fused-ring (bicyclic) bond motifs is 1. The molecular weight excluding hydrogens is 218 g/mol. The molecule has 0 aromatic heterocycles. The van der Waals surface area contributed by atoms with Crippen LogP contribution in [0.2, 0.25) is 0 Å². The van der Waals surface area contributed by atoms with E-state index in [-0.39, 0.29) is 5.91 Å². The van der Waals surface area contributed by atoms with Gasteiger partial charge >= 0.3 is 5.97 Å². The van der Waals surface area contributed by atoms with E-state index in [4.69, 9.17) is 0 Å². The standard InChI is InChI=1S/C13H19NO3/c1-9(2)8-14-10-4-3-6-13(10,12(16)17)7-5-11(14)15/h4,9H,3,5-8H2,1-2H3,(H,16,17). The summed E-state index contributed by atoms with van der Waals surface area (Å²) in [5.74, 6) is -0.351. The molecule has 0 aromatic rings. The molecule has 0 radical (unpaired) electrons. The Hall–Kier alpha value is -1.32. The van der Waals surface area contributed by atoms with E-state index < -0.39 is 11.4 Å². The van der Waals surface area contributed by atoms with Crippen molar-refractivity contribution >= 4 is 11.9 Å². The van der Waals surface area contributed by atoms with Crippen LogP contribution in [0.4, 0.5) is 0 Å². The highest BCUT2D eigenvalue weighted by Crippen LogP contribution is 2.48. The average molecular weight is 237 g/mol. The van der Waals surface area contributed by atoms with Crippen LogP contribution >= 0.6 is 0 Å². The molecule has 1 aliphatic heterocycles. The van der Waals surface area contributed by atoms with E-state index in [2.05, 4.69) is 0 Å². The first-order valence-corrected chi connectivity index (χ1v) is 6.22. The molecule has 0 bridgehead atoms. The molecule has 4 heteroatoms. The van der Waals surface area contributed by atoms with Gasteiger partial charge in [0, 0.05) is 18.7 Å². The highest BCUT2D eigenvalue weighted by molar-refractivity contribution is 5.87. The summed E-state index contributed by atoms with van der Waals surface area (Å²) in [6.45, 7) is 4.71. The summed E-state index contributed by atoms with van der Waals surface area (Å²) in [6.07, 6.45) is 4.16. The minimum Gasteiger partial charge on any atom is -0.481 e. The number of piperidine rings is 1. The lowest BCUT2D eigenvalue weighted by atomic mass is 9.77. The summed E-state index contributed by atoms with van der Waals surface area (Å²) in [5, 5.41) is 9.46. The average Bonchev–Trinajstić information content (AvgIpc) is 2.67. The summed E-state index contributed by atoms with van der Waals surface area (Å²) in [4.78, 5) is 25.2. The number of aliphatic carboxylic acids is 1. The van der Waals surface area contributed by atoms with Gasteiger partial charge in [0.25, 0.3) is 0 Å². The Balaban J connectivity index is 2.33. The van der Waals surface area contributed by atoms with Gasteiger partial charge in [-0.15, -0.1) is 0 Å². The highest BCUT2D eigenvalue weighted by atomic mass is 16.4. The van der Waals surface area contributed by atoms with Crippen molar-refractivity contribution in [2.75, 3.05) is 6.54 Å². The minimum atomic E-state index is -0.789. The first-order chi connectivity index (χ1) is 7.97. The molecule has 1 atom stereocenters. The van der Waals surface area contributed by atoms with Gasteiger partial charge in [-0.25, -0.2) is 0 Å². The van der Waals surface area contributed by atoms with Crippen molar-refractivity contribution in [3.05, 3.63) is 11.8 Å². The summed E-state index contributed by atoms with van der Waals surface area (Å²) in [6, 6.07) is 0. The second kappa shape index (κ2) is 4.17. The van der Waals surface area contributed by atoms with Gasteiger partial charge in [0.1, 0.15) is 5.41 Å². The molecule has 1 unspecified atom stereocenters. The Kier molecular flexibility index (Phi) is 2.98. The molecule has 4 nitrogen and oxygen atoms in total. The summed E-state index contributed by atoms with van der Waals surface area (Å²) < 4.78 is 0. The summed E-state index contributed by atoms with van der Waals surface area (Å²) in [5.41, 5.74) is -0.0436. The SMILES string of the molecule is CC(C)CN1C(=O)CCC2(C(=O)O)CCC=C12. The zero-order chi connectivity index (χ0) is 12.6. The van der Waals surface area contributed by atoms with Gasteiger partial charge in [-0.3, -0.25) is 9.59 Å². The van der Waals surface area contributed by atoms with Crippen molar-refractivity contribution in [1.82, 2.24) is 4.90 Å². The number of hydrogen-bond acceptors (Lipinski definition) is 2. The molecule has 0 saturated carbocycles. The predicted octanol–water partition coefficient (Wildman–Crippen LogP) is 2.01. The lowest BCUT2D eigenvalue weighted by Gasteiger charge is -2.40. The first-order valence-electron chi connectivity index (χ1n) is 6.22. The number of carbonyl (C=O) groups is 2. The normalized spacial score (nSPS) is 28.3. The van der Waals surface area contributed by atoms with Crippen molar-refractivity contribution < 1.29 is 14.7 Å². The molecule has 1 heterocycles. The van der Waals surface area contributed by atoms with E-state index >= 15 is 0 Å². The van der Waals surface area contributed by atoms with Crippen LogP contribution in [-0.2, 0) is 9.59 Å². The lowest BCUT2D eigenvalue weighted by molar-refractivity contribution is -0.152. The number of nitrogens with zero attached hydrogens (tertiary/aromatic N) is 1. The molecule has 1 amide bonds.